The van der Waals surface area contributed by atoms with E-state index >= 15 is 0 Å². The molecule has 1 rings (SSSR count). The number of halogens is 2. The van der Waals surface area contributed by atoms with Gasteiger partial charge in [0, 0.05) is 8.95 Å². The maximum Gasteiger partial charge on any atom is 0.0771 e. The Balaban J connectivity index is 3.17. The van der Waals surface area contributed by atoms with Gasteiger partial charge in [-0.15, -0.1) is 0 Å². The molecule has 4 heteroatoms. The number of nitrogens with one attached hydrogen (secondary N) is 1. The minimum Gasteiger partial charge on any atom is -0.322 e. The van der Waals surface area contributed by atoms with Crippen LogP contribution >= 0.6 is 31.9 Å². The lowest BCUT2D eigenvalue weighted by molar-refractivity contribution is 1.33. The second kappa shape index (κ2) is 3.37. The average Bonchev–Trinajstić information content (AvgIpc) is 1.88. The molecule has 0 saturated carbocycles. The van der Waals surface area contributed by atoms with Crippen molar-refractivity contribution in [2.75, 3.05) is 5.43 Å². The lowest BCUT2D eigenvalue weighted by Crippen LogP contribution is -2.07. The average molecular weight is 266 g/mol. The quantitative estimate of drug-likeness (QED) is 0.605. The molecule has 0 aliphatic rings. The minimum absolute atomic E-state index is 0.863. The van der Waals surface area contributed by atoms with Crippen molar-refractivity contribution in [1.82, 2.24) is 0 Å². The first kappa shape index (κ1) is 8.04. The molecule has 1 aromatic rings. The molecule has 0 fully saturated rings. The van der Waals surface area contributed by atoms with Crippen LogP contribution in [0.1, 0.15) is 0 Å². The predicted molar refractivity (Wildman–Crippen MR) is 49.7 cm³/mol. The number of nitrogens with two attached hydrogens (primary N) is 1. The van der Waals surface area contributed by atoms with E-state index in [1.807, 2.05) is 18.2 Å². The topological polar surface area (TPSA) is 38.0 Å². The van der Waals surface area contributed by atoms with Gasteiger partial charge in [-0.25, -0.2) is 0 Å². The van der Waals surface area contributed by atoms with Gasteiger partial charge in [-0.3, -0.25) is 5.84 Å². The first-order chi connectivity index (χ1) is 4.75. The smallest absolute Gasteiger partial charge is 0.0771 e. The highest BCUT2D eigenvalue weighted by molar-refractivity contribution is 9.11. The van der Waals surface area contributed by atoms with Crippen molar-refractivity contribution in [3.8, 4) is 0 Å². The molecule has 0 bridgehead atoms. The molecule has 54 valence electrons. The normalized spacial score (nSPS) is 9.50. The molecule has 10 heavy (non-hydrogen) atoms. The van der Waals surface area contributed by atoms with Crippen LogP contribution in [0, 0.1) is 0 Å². The molecule has 3 N–H and O–H groups in total. The number of rotatable bonds is 1. The van der Waals surface area contributed by atoms with Crippen LogP contribution in [-0.4, -0.2) is 0 Å². The third-order valence-corrected chi connectivity index (χ3v) is 2.43. The van der Waals surface area contributed by atoms with Gasteiger partial charge in [-0.2, -0.15) is 0 Å². The van der Waals surface area contributed by atoms with Crippen molar-refractivity contribution < 1.29 is 0 Å². The summed E-state index contributed by atoms with van der Waals surface area (Å²) in [7, 11) is 0. The summed E-state index contributed by atoms with van der Waals surface area (Å²) < 4.78 is 1.90. The second-order valence-corrected chi connectivity index (χ2v) is 3.45. The SMILES string of the molecule is NNc1c(Br)cccc1Br. The van der Waals surface area contributed by atoms with Crippen molar-refractivity contribution >= 4 is 37.5 Å². The van der Waals surface area contributed by atoms with Crippen LogP contribution in [0.15, 0.2) is 27.1 Å². The number of nitrogen functional groups attached to an aromatic ring is 1. The maximum atomic E-state index is 5.24. The number of hydrogen-bond acceptors (Lipinski definition) is 2. The first-order valence-corrected chi connectivity index (χ1v) is 4.25. The molecule has 2 nitrogen and oxygen atoms in total. The largest absolute Gasteiger partial charge is 0.322 e. The molecule has 0 spiro atoms. The van der Waals surface area contributed by atoms with Gasteiger partial charge in [0.25, 0.3) is 0 Å². The predicted octanol–water partition coefficient (Wildman–Crippen LogP) is 2.50. The molecule has 0 aliphatic carbocycles. The van der Waals surface area contributed by atoms with E-state index in [-0.39, 0.29) is 0 Å². The Kier molecular flexibility index (Phi) is 2.71. The van der Waals surface area contributed by atoms with Crippen LogP contribution in [-0.2, 0) is 0 Å². The Hall–Kier alpha value is -0.0600. The van der Waals surface area contributed by atoms with Crippen molar-refractivity contribution in [2.45, 2.75) is 0 Å². The summed E-state index contributed by atoms with van der Waals surface area (Å²) in [6.07, 6.45) is 0. The zero-order valence-corrected chi connectivity index (χ0v) is 8.24. The van der Waals surface area contributed by atoms with Crippen LogP contribution in [0.2, 0.25) is 0 Å². The molecule has 1 aromatic carbocycles. The van der Waals surface area contributed by atoms with Gasteiger partial charge in [0.15, 0.2) is 0 Å². The van der Waals surface area contributed by atoms with Gasteiger partial charge in [0.05, 0.1) is 5.69 Å². The van der Waals surface area contributed by atoms with E-state index < -0.39 is 0 Å². The zero-order valence-electron chi connectivity index (χ0n) is 5.07. The Morgan fingerprint density at radius 1 is 1.20 bits per heavy atom. The molecule has 0 atom stereocenters. The summed E-state index contributed by atoms with van der Waals surface area (Å²) in [6.45, 7) is 0. The van der Waals surface area contributed by atoms with Crippen molar-refractivity contribution in [3.05, 3.63) is 27.1 Å². The van der Waals surface area contributed by atoms with E-state index in [9.17, 15) is 0 Å². The minimum atomic E-state index is 0.863. The van der Waals surface area contributed by atoms with Crippen LogP contribution in [0.4, 0.5) is 5.69 Å². The molecule has 0 heterocycles. The number of para-hydroxylation sites is 1. The summed E-state index contributed by atoms with van der Waals surface area (Å²) in [5.74, 6) is 5.24. The molecule has 0 aliphatic heterocycles. The molecule has 0 unspecified atom stereocenters. The zero-order chi connectivity index (χ0) is 7.56. The van der Waals surface area contributed by atoms with Crippen molar-refractivity contribution in [3.63, 3.8) is 0 Å². The maximum absolute atomic E-state index is 5.24. The van der Waals surface area contributed by atoms with Crippen molar-refractivity contribution in [2.24, 2.45) is 5.84 Å². The van der Waals surface area contributed by atoms with Gasteiger partial charge in [0.1, 0.15) is 0 Å². The summed E-state index contributed by atoms with van der Waals surface area (Å²) in [6, 6.07) is 5.76. The fourth-order valence-corrected chi connectivity index (χ4v) is 1.86. The second-order valence-electron chi connectivity index (χ2n) is 1.74. The molecular formula is C6H6Br2N2. The standard InChI is InChI=1S/C6H6Br2N2/c7-4-2-1-3-5(8)6(4)10-9/h1-3,10H,9H2. The van der Waals surface area contributed by atoms with Gasteiger partial charge in [-0.1, -0.05) is 6.07 Å². The molecule has 0 saturated heterocycles. The molecule has 0 radical (unpaired) electrons. The van der Waals surface area contributed by atoms with Crippen LogP contribution in [0.5, 0.6) is 0 Å². The van der Waals surface area contributed by atoms with E-state index in [4.69, 9.17) is 5.84 Å². The van der Waals surface area contributed by atoms with E-state index in [2.05, 4.69) is 37.3 Å². The van der Waals surface area contributed by atoms with Gasteiger partial charge < -0.3 is 5.43 Å². The lowest BCUT2D eigenvalue weighted by Gasteiger charge is -2.03. The fourth-order valence-electron chi connectivity index (χ4n) is 0.636. The Morgan fingerprint density at radius 3 is 2.00 bits per heavy atom. The number of anilines is 1. The van der Waals surface area contributed by atoms with Crippen LogP contribution in [0.3, 0.4) is 0 Å². The number of hydrazine groups is 1. The third kappa shape index (κ3) is 1.51. The van der Waals surface area contributed by atoms with Crippen molar-refractivity contribution in [1.29, 1.82) is 0 Å². The van der Waals surface area contributed by atoms with Gasteiger partial charge in [0.2, 0.25) is 0 Å². The number of hydrogen-bond donors (Lipinski definition) is 2. The summed E-state index contributed by atoms with van der Waals surface area (Å²) >= 11 is 6.67. The first-order valence-electron chi connectivity index (χ1n) is 2.66. The van der Waals surface area contributed by atoms with E-state index in [1.54, 1.807) is 0 Å². The van der Waals surface area contributed by atoms with Crippen LogP contribution in [0.25, 0.3) is 0 Å². The fraction of sp³-hybridized carbons (Fsp3) is 0. The number of benzene rings is 1. The lowest BCUT2D eigenvalue weighted by atomic mass is 10.3. The molecular weight excluding hydrogens is 260 g/mol. The monoisotopic (exact) mass is 264 g/mol. The summed E-state index contributed by atoms with van der Waals surface area (Å²) in [5, 5.41) is 0. The summed E-state index contributed by atoms with van der Waals surface area (Å²) in [4.78, 5) is 0. The van der Waals surface area contributed by atoms with Gasteiger partial charge >= 0.3 is 0 Å². The van der Waals surface area contributed by atoms with E-state index in [0.717, 1.165) is 14.6 Å². The third-order valence-electron chi connectivity index (χ3n) is 1.11. The van der Waals surface area contributed by atoms with E-state index in [0.29, 0.717) is 0 Å². The highest BCUT2D eigenvalue weighted by atomic mass is 79.9. The van der Waals surface area contributed by atoms with Gasteiger partial charge in [-0.05, 0) is 44.0 Å². The Morgan fingerprint density at radius 2 is 1.70 bits per heavy atom. The Bertz CT molecular complexity index is 217. The van der Waals surface area contributed by atoms with E-state index in [1.165, 1.54) is 0 Å². The van der Waals surface area contributed by atoms with Crippen LogP contribution < -0.4 is 11.3 Å². The molecule has 0 aromatic heterocycles. The highest BCUT2D eigenvalue weighted by Crippen LogP contribution is 2.29. The summed E-state index contributed by atoms with van der Waals surface area (Å²) in [5.41, 5.74) is 3.43. The Labute approximate surface area is 76.0 Å². The molecule has 0 amide bonds. The highest BCUT2D eigenvalue weighted by Gasteiger charge is 1.99.